The van der Waals surface area contributed by atoms with E-state index in [1.54, 1.807) is 0 Å². The van der Waals surface area contributed by atoms with Crippen LogP contribution in [0.3, 0.4) is 0 Å². The molecule has 38 heavy (non-hydrogen) atoms. The number of rotatable bonds is 18. The fraction of sp³-hybridized carbons (Fsp3) is 1.00. The summed E-state index contributed by atoms with van der Waals surface area (Å²) in [5.74, 6) is 7.38. The van der Waals surface area contributed by atoms with E-state index in [1.165, 1.54) is 0 Å². The normalized spacial score (nSPS) is 24.7. The van der Waals surface area contributed by atoms with Gasteiger partial charge in [0.25, 0.3) is 0 Å². The maximum atomic E-state index is 11.8. The number of hydrogen-bond acceptors (Lipinski definition) is 3. The van der Waals surface area contributed by atoms with Crippen LogP contribution in [0.5, 0.6) is 0 Å². The average Bonchev–Trinajstić information content (AvgIpc) is 2.88. The molecular weight excluding hydrogens is 466 g/mol. The first-order valence-electron chi connectivity index (χ1n) is 16.3. The molecule has 0 radical (unpaired) electrons. The Kier molecular flexibility index (Phi) is 16.5. The number of aliphatic hydroxyl groups is 1. The second-order valence-corrected chi connectivity index (χ2v) is 15.2. The monoisotopic (exact) mass is 538 g/mol. The van der Waals surface area contributed by atoms with Gasteiger partial charge in [-0.15, -0.1) is 0 Å². The number of nitrogens with zero attached hydrogens (tertiary/aromatic N) is 1. The molecule has 0 aliphatic carbocycles. The van der Waals surface area contributed by atoms with Crippen LogP contribution in [0.2, 0.25) is 0 Å². The van der Waals surface area contributed by atoms with Gasteiger partial charge in [0, 0.05) is 0 Å². The smallest absolute Gasteiger partial charge is 0.0975 e. The van der Waals surface area contributed by atoms with Gasteiger partial charge in [0.2, 0.25) is 0 Å². The van der Waals surface area contributed by atoms with Crippen molar-refractivity contribution in [2.75, 3.05) is 0 Å². The zero-order chi connectivity index (χ0) is 30.2. The van der Waals surface area contributed by atoms with Crippen LogP contribution in [-0.4, -0.2) is 17.3 Å². The van der Waals surface area contributed by atoms with Gasteiger partial charge in [-0.2, -0.15) is 4.91 Å². The molecule has 0 aliphatic heterocycles. The first-order valence-corrected chi connectivity index (χ1v) is 16.3. The highest BCUT2D eigenvalue weighted by atomic mass is 16.3. The molecule has 15 unspecified atom stereocenters. The molecular formula is C35H71NO2. The fourth-order valence-electron chi connectivity index (χ4n) is 7.14. The van der Waals surface area contributed by atoms with Crippen molar-refractivity contribution in [2.24, 2.45) is 93.9 Å². The van der Waals surface area contributed by atoms with Crippen molar-refractivity contribution in [3.63, 3.8) is 0 Å². The van der Waals surface area contributed by atoms with Gasteiger partial charge in [-0.05, 0) is 95.2 Å². The van der Waals surface area contributed by atoms with E-state index in [1.807, 2.05) is 0 Å². The zero-order valence-electron chi connectivity index (χ0n) is 28.8. The topological polar surface area (TPSA) is 49.7 Å². The zero-order valence-corrected chi connectivity index (χ0v) is 28.8. The highest BCUT2D eigenvalue weighted by Crippen LogP contribution is 2.41. The molecule has 0 rings (SSSR count). The van der Waals surface area contributed by atoms with E-state index >= 15 is 0 Å². The lowest BCUT2D eigenvalue weighted by atomic mass is 9.66. The predicted octanol–water partition coefficient (Wildman–Crippen LogP) is 10.5. The van der Waals surface area contributed by atoms with Crippen LogP contribution in [0, 0.1) is 93.7 Å². The van der Waals surface area contributed by atoms with Crippen molar-refractivity contribution < 1.29 is 5.11 Å². The molecule has 0 bridgehead atoms. The minimum Gasteiger partial charge on any atom is -0.393 e. The summed E-state index contributed by atoms with van der Waals surface area (Å²) in [6.45, 7) is 39.5. The maximum absolute atomic E-state index is 11.8. The standard InChI is InChI=1S/C35H71NO2/c1-19(2)23(7)26(10)28(12)29(13)27(11)25(9)21(5)18-22(6)35(37)33(17)31(15)30(14)32(16)34(36-38)24(8)20(3)4/h19-35,37H,18H2,1-17H3. The summed E-state index contributed by atoms with van der Waals surface area (Å²) in [4.78, 5) is 11.8. The molecule has 0 spiro atoms. The van der Waals surface area contributed by atoms with E-state index in [2.05, 4.69) is 123 Å². The summed E-state index contributed by atoms with van der Waals surface area (Å²) >= 11 is 0. The van der Waals surface area contributed by atoms with Crippen LogP contribution in [0.4, 0.5) is 0 Å². The van der Waals surface area contributed by atoms with Crippen LogP contribution in [0.1, 0.15) is 124 Å². The highest BCUT2D eigenvalue weighted by molar-refractivity contribution is 4.88. The second kappa shape index (κ2) is 16.7. The molecule has 3 nitrogen and oxygen atoms in total. The molecule has 0 aromatic rings. The first-order chi connectivity index (χ1) is 17.3. The summed E-state index contributed by atoms with van der Waals surface area (Å²) < 4.78 is 0. The first kappa shape index (κ1) is 37.6. The van der Waals surface area contributed by atoms with Crippen molar-refractivity contribution >= 4 is 0 Å². The van der Waals surface area contributed by atoms with Gasteiger partial charge in [0.1, 0.15) is 0 Å². The third-order valence-corrected chi connectivity index (χ3v) is 12.7. The van der Waals surface area contributed by atoms with Gasteiger partial charge in [-0.1, -0.05) is 123 Å². The molecule has 0 aromatic heterocycles. The summed E-state index contributed by atoms with van der Waals surface area (Å²) in [6.07, 6.45) is 0.716. The minimum absolute atomic E-state index is 0.174. The Labute approximate surface area is 240 Å². The highest BCUT2D eigenvalue weighted by Gasteiger charge is 2.37. The summed E-state index contributed by atoms with van der Waals surface area (Å²) in [7, 11) is 0. The largest absolute Gasteiger partial charge is 0.393 e. The Morgan fingerprint density at radius 3 is 1.16 bits per heavy atom. The van der Waals surface area contributed by atoms with Crippen molar-refractivity contribution in [2.45, 2.75) is 136 Å². The lowest BCUT2D eigenvalue weighted by molar-refractivity contribution is 0.00528. The van der Waals surface area contributed by atoms with Crippen molar-refractivity contribution in [3.05, 3.63) is 4.91 Å². The maximum Gasteiger partial charge on any atom is 0.0975 e. The third-order valence-electron chi connectivity index (χ3n) is 12.7. The Hall–Kier alpha value is -0.440. The lowest BCUT2D eigenvalue weighted by Crippen LogP contribution is -2.39. The number of nitroso groups, excluding NO2 is 1. The number of hydrogen-bond donors (Lipinski definition) is 1. The molecule has 1 N–H and O–H groups in total. The van der Waals surface area contributed by atoms with Crippen LogP contribution in [0.25, 0.3) is 0 Å². The molecule has 0 saturated carbocycles. The predicted molar refractivity (Wildman–Crippen MR) is 169 cm³/mol. The van der Waals surface area contributed by atoms with Gasteiger partial charge in [-0.3, -0.25) is 0 Å². The third kappa shape index (κ3) is 9.88. The van der Waals surface area contributed by atoms with Crippen molar-refractivity contribution in [1.82, 2.24) is 0 Å². The van der Waals surface area contributed by atoms with E-state index in [0.717, 1.165) is 24.2 Å². The SMILES string of the molecule is CC(C)C(C)C(C)C(C)C(C)C(C)C(C)C(C)CC(C)C(O)C(C)C(C)C(C)C(C)C(N=O)C(C)C(C)C. The summed E-state index contributed by atoms with van der Waals surface area (Å²) in [5, 5.41) is 15.0. The molecule has 0 fully saturated rings. The van der Waals surface area contributed by atoms with E-state index in [-0.39, 0.29) is 35.8 Å². The van der Waals surface area contributed by atoms with Gasteiger partial charge in [0.15, 0.2) is 0 Å². The van der Waals surface area contributed by atoms with Gasteiger partial charge < -0.3 is 5.11 Å². The Balaban J connectivity index is 5.25. The lowest BCUT2D eigenvalue weighted by Gasteiger charge is -2.40. The number of aliphatic hydroxyl groups excluding tert-OH is 1. The Morgan fingerprint density at radius 2 is 0.763 bits per heavy atom. The Bertz CT molecular complexity index is 648. The molecule has 0 amide bonds. The van der Waals surface area contributed by atoms with E-state index in [9.17, 15) is 10.0 Å². The van der Waals surface area contributed by atoms with Crippen molar-refractivity contribution in [1.29, 1.82) is 0 Å². The minimum atomic E-state index is -0.335. The van der Waals surface area contributed by atoms with Gasteiger partial charge >= 0.3 is 0 Å². The van der Waals surface area contributed by atoms with Crippen LogP contribution >= 0.6 is 0 Å². The van der Waals surface area contributed by atoms with E-state index in [0.29, 0.717) is 47.3 Å². The molecule has 3 heteroatoms. The summed E-state index contributed by atoms with van der Waals surface area (Å²) in [5.41, 5.74) is 0. The van der Waals surface area contributed by atoms with Crippen LogP contribution in [0.15, 0.2) is 5.18 Å². The fourth-order valence-corrected chi connectivity index (χ4v) is 7.14. The van der Waals surface area contributed by atoms with E-state index < -0.39 is 0 Å². The van der Waals surface area contributed by atoms with Crippen LogP contribution in [-0.2, 0) is 0 Å². The molecule has 0 heterocycles. The molecule has 228 valence electrons. The van der Waals surface area contributed by atoms with E-state index in [4.69, 9.17) is 0 Å². The molecule has 15 atom stereocenters. The van der Waals surface area contributed by atoms with Crippen LogP contribution < -0.4 is 0 Å². The summed E-state index contributed by atoms with van der Waals surface area (Å²) in [6, 6.07) is -0.174. The molecule has 0 aromatic carbocycles. The molecule has 0 saturated heterocycles. The van der Waals surface area contributed by atoms with Crippen molar-refractivity contribution in [3.8, 4) is 0 Å². The average molecular weight is 538 g/mol. The second-order valence-electron chi connectivity index (χ2n) is 15.2. The van der Waals surface area contributed by atoms with Gasteiger partial charge in [-0.25, -0.2) is 0 Å². The van der Waals surface area contributed by atoms with Gasteiger partial charge in [0.05, 0.1) is 12.1 Å². The molecule has 0 aliphatic rings. The quantitative estimate of drug-likeness (QED) is 0.177. The Morgan fingerprint density at radius 1 is 0.421 bits per heavy atom.